The van der Waals surface area contributed by atoms with Crippen LogP contribution in [0.2, 0.25) is 0 Å². The van der Waals surface area contributed by atoms with Gasteiger partial charge in [0.2, 0.25) is 0 Å². The predicted octanol–water partition coefficient (Wildman–Crippen LogP) is 2.28. The molecule has 0 aliphatic carbocycles. The number of rotatable bonds is 6. The number of likely N-dealkylation sites (N-methyl/N-ethyl adjacent to an activating group) is 1. The van der Waals surface area contributed by atoms with E-state index in [1.54, 1.807) is 14.2 Å². The molecule has 0 amide bonds. The Morgan fingerprint density at radius 3 is 2.50 bits per heavy atom. The average Bonchev–Trinajstić information content (AvgIpc) is 2.37. The fourth-order valence-electron chi connectivity index (χ4n) is 1.97. The lowest BCUT2D eigenvalue weighted by Gasteiger charge is -2.20. The van der Waals surface area contributed by atoms with Gasteiger partial charge in [0, 0.05) is 6.54 Å². The van der Waals surface area contributed by atoms with Crippen molar-refractivity contribution in [1.82, 2.24) is 5.32 Å². The fraction of sp³-hybridized carbons (Fsp3) is 0.538. The molecule has 0 fully saturated rings. The second kappa shape index (κ2) is 6.97. The molecule has 0 saturated heterocycles. The van der Waals surface area contributed by atoms with E-state index in [1.165, 1.54) is 0 Å². The van der Waals surface area contributed by atoms with Gasteiger partial charge < -0.3 is 19.9 Å². The summed E-state index contributed by atoms with van der Waals surface area (Å²) in [7, 11) is 5.00. The Labute approximate surface area is 116 Å². The van der Waals surface area contributed by atoms with Crippen molar-refractivity contribution >= 4 is 15.9 Å². The number of aliphatic hydroxyl groups excluding tert-OH is 1. The summed E-state index contributed by atoms with van der Waals surface area (Å²) in [6.07, 6.45) is 0.234. The van der Waals surface area contributed by atoms with Gasteiger partial charge in [0.1, 0.15) is 0 Å². The zero-order chi connectivity index (χ0) is 13.7. The maximum atomic E-state index is 10.2. The first kappa shape index (κ1) is 15.3. The lowest BCUT2D eigenvalue weighted by atomic mass is 9.99. The molecule has 0 aliphatic rings. The minimum absolute atomic E-state index is 0.495. The van der Waals surface area contributed by atoms with E-state index in [2.05, 4.69) is 21.2 Å². The van der Waals surface area contributed by atoms with E-state index in [0.717, 1.165) is 22.0 Å². The van der Waals surface area contributed by atoms with Gasteiger partial charge in [-0.15, -0.1) is 0 Å². The standard InChI is InChI=1S/C13H20BrNO3/c1-5-8-9(10(16)7-15-2)6-11(17-3)13(18-4)12(8)14/h6,10,15-16H,5,7H2,1-4H3. The van der Waals surface area contributed by atoms with Crippen molar-refractivity contribution in [2.45, 2.75) is 19.4 Å². The molecular formula is C13H20BrNO3. The third-order valence-electron chi connectivity index (χ3n) is 2.86. The van der Waals surface area contributed by atoms with E-state index in [1.807, 2.05) is 20.0 Å². The number of aliphatic hydroxyl groups is 1. The molecule has 0 aromatic heterocycles. The topological polar surface area (TPSA) is 50.7 Å². The van der Waals surface area contributed by atoms with Crippen molar-refractivity contribution in [3.63, 3.8) is 0 Å². The summed E-state index contributed by atoms with van der Waals surface area (Å²) >= 11 is 3.53. The molecule has 1 rings (SSSR count). The lowest BCUT2D eigenvalue weighted by Crippen LogP contribution is -2.18. The number of benzene rings is 1. The molecule has 0 radical (unpaired) electrons. The molecule has 4 nitrogen and oxygen atoms in total. The minimum Gasteiger partial charge on any atom is -0.493 e. The van der Waals surface area contributed by atoms with Crippen LogP contribution in [0.4, 0.5) is 0 Å². The van der Waals surface area contributed by atoms with Crippen LogP contribution in [0.15, 0.2) is 10.5 Å². The summed E-state index contributed by atoms with van der Waals surface area (Å²) < 4.78 is 11.5. The molecule has 1 unspecified atom stereocenters. The largest absolute Gasteiger partial charge is 0.493 e. The molecule has 0 saturated carbocycles. The number of hydrogen-bond acceptors (Lipinski definition) is 4. The van der Waals surface area contributed by atoms with Gasteiger partial charge in [0.25, 0.3) is 0 Å². The predicted molar refractivity (Wildman–Crippen MR) is 75.5 cm³/mol. The van der Waals surface area contributed by atoms with Crippen LogP contribution in [0, 0.1) is 0 Å². The summed E-state index contributed by atoms with van der Waals surface area (Å²) in [5, 5.41) is 13.1. The SMILES string of the molecule is CCc1c(C(O)CNC)cc(OC)c(OC)c1Br. The Balaban J connectivity index is 3.37. The fourth-order valence-corrected chi connectivity index (χ4v) is 2.83. The van der Waals surface area contributed by atoms with Crippen LogP contribution >= 0.6 is 15.9 Å². The Hall–Kier alpha value is -0.780. The van der Waals surface area contributed by atoms with Gasteiger partial charge in [-0.3, -0.25) is 0 Å². The highest BCUT2D eigenvalue weighted by molar-refractivity contribution is 9.10. The van der Waals surface area contributed by atoms with Crippen LogP contribution in [0.5, 0.6) is 11.5 Å². The molecule has 1 aromatic carbocycles. The Morgan fingerprint density at radius 2 is 2.06 bits per heavy atom. The first-order chi connectivity index (χ1) is 8.60. The van der Waals surface area contributed by atoms with E-state index >= 15 is 0 Å². The van der Waals surface area contributed by atoms with Gasteiger partial charge in [-0.1, -0.05) is 6.92 Å². The molecule has 1 aromatic rings. The second-order valence-corrected chi connectivity index (χ2v) is 4.71. The van der Waals surface area contributed by atoms with Crippen LogP contribution in [-0.4, -0.2) is 32.9 Å². The average molecular weight is 318 g/mol. The number of halogens is 1. The van der Waals surface area contributed by atoms with Crippen LogP contribution < -0.4 is 14.8 Å². The third-order valence-corrected chi connectivity index (χ3v) is 3.70. The van der Waals surface area contributed by atoms with Gasteiger partial charge in [-0.05, 0) is 46.6 Å². The van der Waals surface area contributed by atoms with Crippen molar-refractivity contribution in [2.24, 2.45) is 0 Å². The summed E-state index contributed by atoms with van der Waals surface area (Å²) in [6.45, 7) is 2.54. The summed E-state index contributed by atoms with van der Waals surface area (Å²) in [6, 6.07) is 1.84. The zero-order valence-electron chi connectivity index (χ0n) is 11.2. The third kappa shape index (κ3) is 2.96. The van der Waals surface area contributed by atoms with Crippen molar-refractivity contribution in [1.29, 1.82) is 0 Å². The van der Waals surface area contributed by atoms with Crippen molar-refractivity contribution in [2.75, 3.05) is 27.8 Å². The van der Waals surface area contributed by atoms with Crippen LogP contribution in [0.3, 0.4) is 0 Å². The van der Waals surface area contributed by atoms with E-state index in [9.17, 15) is 5.11 Å². The molecule has 0 bridgehead atoms. The van der Waals surface area contributed by atoms with Gasteiger partial charge in [-0.25, -0.2) is 0 Å². The maximum Gasteiger partial charge on any atom is 0.175 e. The monoisotopic (exact) mass is 317 g/mol. The second-order valence-electron chi connectivity index (χ2n) is 3.92. The van der Waals surface area contributed by atoms with Gasteiger partial charge in [0.05, 0.1) is 24.8 Å². The lowest BCUT2D eigenvalue weighted by molar-refractivity contribution is 0.176. The van der Waals surface area contributed by atoms with E-state index in [-0.39, 0.29) is 0 Å². The molecule has 0 aliphatic heterocycles. The highest BCUT2D eigenvalue weighted by atomic mass is 79.9. The molecule has 1 atom stereocenters. The number of methoxy groups -OCH3 is 2. The van der Waals surface area contributed by atoms with E-state index in [0.29, 0.717) is 18.0 Å². The quantitative estimate of drug-likeness (QED) is 0.845. The molecule has 0 spiro atoms. The van der Waals surface area contributed by atoms with Gasteiger partial charge in [0.15, 0.2) is 11.5 Å². The van der Waals surface area contributed by atoms with Crippen molar-refractivity contribution < 1.29 is 14.6 Å². The molecule has 0 heterocycles. The van der Waals surface area contributed by atoms with Crippen LogP contribution in [0.1, 0.15) is 24.2 Å². The van der Waals surface area contributed by atoms with Crippen molar-refractivity contribution in [3.05, 3.63) is 21.7 Å². The summed E-state index contributed by atoms with van der Waals surface area (Å²) in [5.74, 6) is 1.28. The summed E-state index contributed by atoms with van der Waals surface area (Å²) in [4.78, 5) is 0. The van der Waals surface area contributed by atoms with Gasteiger partial charge in [-0.2, -0.15) is 0 Å². The maximum absolute atomic E-state index is 10.2. The first-order valence-corrected chi connectivity index (χ1v) is 6.65. The summed E-state index contributed by atoms with van der Waals surface area (Å²) in [5.41, 5.74) is 1.90. The van der Waals surface area contributed by atoms with Gasteiger partial charge >= 0.3 is 0 Å². The number of nitrogens with one attached hydrogen (secondary N) is 1. The smallest absolute Gasteiger partial charge is 0.175 e. The van der Waals surface area contributed by atoms with E-state index in [4.69, 9.17) is 9.47 Å². The highest BCUT2D eigenvalue weighted by Gasteiger charge is 2.20. The Morgan fingerprint density at radius 1 is 1.39 bits per heavy atom. The van der Waals surface area contributed by atoms with Crippen molar-refractivity contribution in [3.8, 4) is 11.5 Å². The molecule has 5 heteroatoms. The highest BCUT2D eigenvalue weighted by Crippen LogP contribution is 2.41. The molecule has 18 heavy (non-hydrogen) atoms. The van der Waals surface area contributed by atoms with E-state index < -0.39 is 6.10 Å². The molecular weight excluding hydrogens is 298 g/mol. The van der Waals surface area contributed by atoms with Crippen LogP contribution in [-0.2, 0) is 6.42 Å². The normalized spacial score (nSPS) is 12.3. The number of hydrogen-bond donors (Lipinski definition) is 2. The van der Waals surface area contributed by atoms with Crippen LogP contribution in [0.25, 0.3) is 0 Å². The Bertz CT molecular complexity index is 410. The number of ether oxygens (including phenoxy) is 2. The zero-order valence-corrected chi connectivity index (χ0v) is 12.8. The minimum atomic E-state index is -0.568. The Kier molecular flexibility index (Phi) is 5.91. The molecule has 102 valence electrons. The molecule has 2 N–H and O–H groups in total. The first-order valence-electron chi connectivity index (χ1n) is 5.86.